The topological polar surface area (TPSA) is 49.4 Å². The summed E-state index contributed by atoms with van der Waals surface area (Å²) in [6.45, 7) is 8.22. The average Bonchev–Trinajstić information content (AvgIpc) is 2.24. The van der Waals surface area contributed by atoms with Crippen molar-refractivity contribution < 1.29 is 8.42 Å². The minimum absolute atomic E-state index is 0.284. The average molecular weight is 262 g/mol. The first kappa shape index (κ1) is 14.9. The van der Waals surface area contributed by atoms with E-state index in [1.54, 1.807) is 0 Å². The largest absolute Gasteiger partial charge is 0.314 e. The minimum atomic E-state index is -2.83. The second kappa shape index (κ2) is 6.71. The number of hydrogen-bond acceptors (Lipinski definition) is 4. The summed E-state index contributed by atoms with van der Waals surface area (Å²) in [4.78, 5) is 2.27. The van der Waals surface area contributed by atoms with Crippen LogP contribution in [0.1, 0.15) is 26.7 Å². The van der Waals surface area contributed by atoms with Crippen LogP contribution < -0.4 is 5.32 Å². The third-order valence-corrected chi connectivity index (χ3v) is 4.35. The molecule has 0 spiro atoms. The van der Waals surface area contributed by atoms with Crippen molar-refractivity contribution in [3.8, 4) is 0 Å². The van der Waals surface area contributed by atoms with Crippen LogP contribution in [-0.2, 0) is 9.84 Å². The summed E-state index contributed by atoms with van der Waals surface area (Å²) in [5, 5.41) is 3.57. The highest BCUT2D eigenvalue weighted by molar-refractivity contribution is 7.90. The lowest BCUT2D eigenvalue weighted by molar-refractivity contribution is 0.154. The Hall–Kier alpha value is -0.130. The molecule has 4 nitrogen and oxygen atoms in total. The van der Waals surface area contributed by atoms with Crippen LogP contribution in [0.15, 0.2) is 0 Å². The van der Waals surface area contributed by atoms with Gasteiger partial charge in [-0.05, 0) is 31.8 Å². The first-order valence-corrected chi connectivity index (χ1v) is 8.62. The molecular formula is C12H26N2O2S. The van der Waals surface area contributed by atoms with Gasteiger partial charge in [0.25, 0.3) is 0 Å². The lowest BCUT2D eigenvalue weighted by Gasteiger charge is -2.37. The Morgan fingerprint density at radius 1 is 1.41 bits per heavy atom. The molecule has 102 valence electrons. The van der Waals surface area contributed by atoms with E-state index in [4.69, 9.17) is 0 Å². The van der Waals surface area contributed by atoms with Gasteiger partial charge < -0.3 is 10.2 Å². The van der Waals surface area contributed by atoms with E-state index in [-0.39, 0.29) is 5.75 Å². The van der Waals surface area contributed by atoms with E-state index in [9.17, 15) is 8.42 Å². The Morgan fingerprint density at radius 3 is 2.65 bits per heavy atom. The fraction of sp³-hybridized carbons (Fsp3) is 1.00. The van der Waals surface area contributed by atoms with Gasteiger partial charge in [0, 0.05) is 25.4 Å². The van der Waals surface area contributed by atoms with Gasteiger partial charge >= 0.3 is 0 Å². The first-order chi connectivity index (χ1) is 7.92. The molecule has 1 aliphatic heterocycles. The Bertz CT molecular complexity index is 316. The summed E-state index contributed by atoms with van der Waals surface area (Å²) in [6.07, 6.45) is 3.61. The second-order valence-corrected chi connectivity index (χ2v) is 7.52. The van der Waals surface area contributed by atoms with E-state index in [2.05, 4.69) is 24.1 Å². The summed E-state index contributed by atoms with van der Waals surface area (Å²) < 4.78 is 22.2. The maximum Gasteiger partial charge on any atom is 0.148 e. The molecule has 1 aliphatic rings. The molecule has 2 atom stereocenters. The number of rotatable bonds is 6. The molecule has 1 rings (SSSR count). The molecule has 0 aromatic rings. The molecule has 1 N–H and O–H groups in total. The fourth-order valence-corrected chi connectivity index (χ4v) is 2.95. The molecule has 1 fully saturated rings. The number of nitrogens with zero attached hydrogens (tertiary/aromatic N) is 1. The standard InChI is InChI=1S/C12H26N2O2S/c1-4-6-13-12-5-7-14(10-11(12)2)8-9-17(3,15)16/h11-13H,4-10H2,1-3H3. The van der Waals surface area contributed by atoms with Crippen molar-refractivity contribution in [3.05, 3.63) is 0 Å². The van der Waals surface area contributed by atoms with E-state index < -0.39 is 9.84 Å². The molecule has 1 heterocycles. The molecule has 1 saturated heterocycles. The van der Waals surface area contributed by atoms with E-state index in [1.165, 1.54) is 12.7 Å². The molecule has 0 aromatic heterocycles. The highest BCUT2D eigenvalue weighted by atomic mass is 32.2. The number of nitrogens with one attached hydrogen (secondary N) is 1. The Kier molecular flexibility index (Phi) is 5.89. The van der Waals surface area contributed by atoms with Crippen LogP contribution in [0.5, 0.6) is 0 Å². The van der Waals surface area contributed by atoms with Crippen molar-refractivity contribution in [2.24, 2.45) is 5.92 Å². The first-order valence-electron chi connectivity index (χ1n) is 6.56. The predicted octanol–water partition coefficient (Wildman–Crippen LogP) is 0.741. The quantitative estimate of drug-likeness (QED) is 0.767. The maximum atomic E-state index is 11.1. The van der Waals surface area contributed by atoms with Gasteiger partial charge in [-0.2, -0.15) is 0 Å². The van der Waals surface area contributed by atoms with Crippen molar-refractivity contribution in [1.29, 1.82) is 0 Å². The van der Waals surface area contributed by atoms with Crippen molar-refractivity contribution in [2.75, 3.05) is 38.2 Å². The lowest BCUT2D eigenvalue weighted by atomic mass is 9.94. The van der Waals surface area contributed by atoms with Crippen molar-refractivity contribution in [1.82, 2.24) is 10.2 Å². The molecule has 0 aliphatic carbocycles. The zero-order chi connectivity index (χ0) is 12.9. The molecule has 0 saturated carbocycles. The van der Waals surface area contributed by atoms with E-state index >= 15 is 0 Å². The number of hydrogen-bond donors (Lipinski definition) is 1. The van der Waals surface area contributed by atoms with Gasteiger partial charge in [-0.25, -0.2) is 8.42 Å². The van der Waals surface area contributed by atoms with E-state index in [0.717, 1.165) is 26.1 Å². The van der Waals surface area contributed by atoms with Crippen LogP contribution in [0.4, 0.5) is 0 Å². The summed E-state index contributed by atoms with van der Waals surface area (Å²) in [5.74, 6) is 0.891. The summed E-state index contributed by atoms with van der Waals surface area (Å²) in [7, 11) is -2.83. The van der Waals surface area contributed by atoms with Gasteiger partial charge in [-0.1, -0.05) is 13.8 Å². The maximum absolute atomic E-state index is 11.1. The van der Waals surface area contributed by atoms with Crippen LogP contribution in [0.25, 0.3) is 0 Å². The number of sulfone groups is 1. The number of piperidine rings is 1. The molecular weight excluding hydrogens is 236 g/mol. The minimum Gasteiger partial charge on any atom is -0.314 e. The van der Waals surface area contributed by atoms with Gasteiger partial charge in [-0.15, -0.1) is 0 Å². The lowest BCUT2D eigenvalue weighted by Crippen LogP contribution is -2.49. The number of likely N-dealkylation sites (tertiary alicyclic amines) is 1. The van der Waals surface area contributed by atoms with Gasteiger partial charge in [0.1, 0.15) is 9.84 Å². The van der Waals surface area contributed by atoms with Crippen LogP contribution in [-0.4, -0.2) is 57.5 Å². The smallest absolute Gasteiger partial charge is 0.148 e. The molecule has 5 heteroatoms. The molecule has 17 heavy (non-hydrogen) atoms. The SMILES string of the molecule is CCCNC1CCN(CCS(C)(=O)=O)CC1C. The van der Waals surface area contributed by atoms with Crippen molar-refractivity contribution in [2.45, 2.75) is 32.7 Å². The van der Waals surface area contributed by atoms with Gasteiger partial charge in [-0.3, -0.25) is 0 Å². The molecule has 0 bridgehead atoms. The molecule has 2 unspecified atom stereocenters. The fourth-order valence-electron chi connectivity index (χ4n) is 2.36. The highest BCUT2D eigenvalue weighted by Crippen LogP contribution is 2.16. The summed E-state index contributed by atoms with van der Waals surface area (Å²) in [6, 6.07) is 0.601. The molecule has 0 aromatic carbocycles. The molecule has 0 radical (unpaired) electrons. The normalized spacial score (nSPS) is 27.2. The summed E-state index contributed by atoms with van der Waals surface area (Å²) in [5.41, 5.74) is 0. The monoisotopic (exact) mass is 262 g/mol. The van der Waals surface area contributed by atoms with Gasteiger partial charge in [0.05, 0.1) is 5.75 Å². The third kappa shape index (κ3) is 5.84. The van der Waals surface area contributed by atoms with Crippen LogP contribution in [0.2, 0.25) is 0 Å². The summed E-state index contributed by atoms with van der Waals surface area (Å²) >= 11 is 0. The zero-order valence-corrected chi connectivity index (χ0v) is 12.1. The zero-order valence-electron chi connectivity index (χ0n) is 11.3. The van der Waals surface area contributed by atoms with Gasteiger partial charge in [0.15, 0.2) is 0 Å². The Balaban J connectivity index is 2.31. The van der Waals surface area contributed by atoms with Crippen LogP contribution in [0.3, 0.4) is 0 Å². The second-order valence-electron chi connectivity index (χ2n) is 5.26. The Labute approximate surface area is 106 Å². The van der Waals surface area contributed by atoms with Crippen LogP contribution >= 0.6 is 0 Å². The van der Waals surface area contributed by atoms with E-state index in [1.807, 2.05) is 0 Å². The van der Waals surface area contributed by atoms with Crippen molar-refractivity contribution in [3.63, 3.8) is 0 Å². The van der Waals surface area contributed by atoms with Crippen molar-refractivity contribution >= 4 is 9.84 Å². The van der Waals surface area contributed by atoms with Crippen LogP contribution in [0, 0.1) is 5.92 Å². The molecule has 0 amide bonds. The highest BCUT2D eigenvalue weighted by Gasteiger charge is 2.25. The third-order valence-electron chi connectivity index (χ3n) is 3.42. The van der Waals surface area contributed by atoms with E-state index in [0.29, 0.717) is 18.5 Å². The van der Waals surface area contributed by atoms with Gasteiger partial charge in [0.2, 0.25) is 0 Å². The Morgan fingerprint density at radius 2 is 2.12 bits per heavy atom. The predicted molar refractivity (Wildman–Crippen MR) is 72.0 cm³/mol.